The van der Waals surface area contributed by atoms with Crippen molar-refractivity contribution >= 4 is 46.9 Å². The molecule has 0 atom stereocenters. The van der Waals surface area contributed by atoms with Crippen LogP contribution in [0, 0.1) is 6.92 Å². The minimum Gasteiger partial charge on any atom is -0.325 e. The standard InChI is InChI=1S/C30H26N4O3S/c1-21-6-5-7-22(18-21)19-27(34-29(36)23-8-3-2-4-9-23)30(37)33-24-10-12-26(13-11-24)38-20-28(35)32-25-14-16-31-17-15-25/h2-19H,20H2,1H3,(H,33,37)(H,34,36)(H,31,32,35)/b27-19-. The molecular weight excluding hydrogens is 496 g/mol. The molecule has 0 aliphatic rings. The second-order valence-electron chi connectivity index (χ2n) is 8.34. The molecule has 1 aromatic heterocycles. The number of nitrogens with one attached hydrogen (secondary N) is 3. The summed E-state index contributed by atoms with van der Waals surface area (Å²) in [5.74, 6) is -0.717. The van der Waals surface area contributed by atoms with Gasteiger partial charge in [-0.15, -0.1) is 11.8 Å². The maximum Gasteiger partial charge on any atom is 0.272 e. The number of aromatic nitrogens is 1. The molecule has 0 bridgehead atoms. The number of aryl methyl sites for hydroxylation is 1. The molecule has 4 aromatic rings. The largest absolute Gasteiger partial charge is 0.325 e. The Bertz CT molecular complexity index is 1440. The van der Waals surface area contributed by atoms with Gasteiger partial charge in [-0.25, -0.2) is 0 Å². The fraction of sp³-hybridized carbons (Fsp3) is 0.0667. The Hall–Kier alpha value is -4.69. The summed E-state index contributed by atoms with van der Waals surface area (Å²) >= 11 is 1.38. The van der Waals surface area contributed by atoms with Gasteiger partial charge >= 0.3 is 0 Å². The Morgan fingerprint density at radius 2 is 1.53 bits per heavy atom. The molecular formula is C30H26N4O3S. The lowest BCUT2D eigenvalue weighted by Crippen LogP contribution is -2.30. The molecule has 3 amide bonds. The van der Waals surface area contributed by atoms with Crippen LogP contribution in [0.1, 0.15) is 21.5 Å². The van der Waals surface area contributed by atoms with Gasteiger partial charge < -0.3 is 16.0 Å². The van der Waals surface area contributed by atoms with Crippen LogP contribution in [-0.4, -0.2) is 28.5 Å². The van der Waals surface area contributed by atoms with E-state index in [0.29, 0.717) is 16.9 Å². The second kappa shape index (κ2) is 13.0. The Balaban J connectivity index is 1.41. The molecule has 4 rings (SSSR count). The van der Waals surface area contributed by atoms with Gasteiger partial charge in [0.25, 0.3) is 11.8 Å². The quantitative estimate of drug-likeness (QED) is 0.198. The van der Waals surface area contributed by atoms with Crippen LogP contribution >= 0.6 is 11.8 Å². The first-order valence-corrected chi connectivity index (χ1v) is 12.8. The second-order valence-corrected chi connectivity index (χ2v) is 9.39. The van der Waals surface area contributed by atoms with E-state index in [1.165, 1.54) is 11.8 Å². The van der Waals surface area contributed by atoms with Gasteiger partial charge in [-0.05, 0) is 67.1 Å². The SMILES string of the molecule is Cc1cccc(/C=C(\NC(=O)c2ccccc2)C(=O)Nc2ccc(SCC(=O)Nc3ccncc3)cc2)c1. The summed E-state index contributed by atoms with van der Waals surface area (Å²) in [4.78, 5) is 43.0. The first-order chi connectivity index (χ1) is 18.5. The van der Waals surface area contributed by atoms with Crippen molar-refractivity contribution in [1.82, 2.24) is 10.3 Å². The van der Waals surface area contributed by atoms with Gasteiger partial charge in [-0.3, -0.25) is 19.4 Å². The zero-order valence-corrected chi connectivity index (χ0v) is 21.5. The normalized spacial score (nSPS) is 10.9. The van der Waals surface area contributed by atoms with Gasteiger partial charge in [0, 0.05) is 34.2 Å². The number of hydrogen-bond acceptors (Lipinski definition) is 5. The minimum absolute atomic E-state index is 0.121. The van der Waals surface area contributed by atoms with Crippen molar-refractivity contribution in [3.8, 4) is 0 Å². The van der Waals surface area contributed by atoms with Crippen molar-refractivity contribution in [3.63, 3.8) is 0 Å². The maximum atomic E-state index is 13.2. The third-order valence-electron chi connectivity index (χ3n) is 5.33. The summed E-state index contributed by atoms with van der Waals surface area (Å²) in [5.41, 5.74) is 3.65. The third-order valence-corrected chi connectivity index (χ3v) is 6.34. The van der Waals surface area contributed by atoms with E-state index in [-0.39, 0.29) is 23.3 Å². The molecule has 3 N–H and O–H groups in total. The van der Waals surface area contributed by atoms with Crippen LogP contribution in [0.3, 0.4) is 0 Å². The first kappa shape index (κ1) is 26.4. The number of hydrogen-bond donors (Lipinski definition) is 3. The Morgan fingerprint density at radius 3 is 2.24 bits per heavy atom. The first-order valence-electron chi connectivity index (χ1n) is 11.8. The number of carbonyl (C=O) groups excluding carboxylic acids is 3. The summed E-state index contributed by atoms with van der Waals surface area (Å²) in [7, 11) is 0. The molecule has 0 radical (unpaired) electrons. The van der Waals surface area contributed by atoms with E-state index in [9.17, 15) is 14.4 Å². The van der Waals surface area contributed by atoms with Crippen molar-refractivity contribution in [2.24, 2.45) is 0 Å². The van der Waals surface area contributed by atoms with Crippen LogP contribution < -0.4 is 16.0 Å². The van der Waals surface area contributed by atoms with Crippen LogP contribution in [0.4, 0.5) is 11.4 Å². The zero-order valence-electron chi connectivity index (χ0n) is 20.7. The lowest BCUT2D eigenvalue weighted by atomic mass is 10.1. The predicted molar refractivity (Wildman–Crippen MR) is 152 cm³/mol. The number of thioether (sulfide) groups is 1. The number of benzene rings is 3. The Kier molecular flexibility index (Phi) is 9.04. The molecule has 0 spiro atoms. The van der Waals surface area contributed by atoms with Crippen molar-refractivity contribution in [1.29, 1.82) is 0 Å². The molecule has 8 heteroatoms. The van der Waals surface area contributed by atoms with Crippen LogP contribution in [0.25, 0.3) is 6.08 Å². The molecule has 0 saturated heterocycles. The van der Waals surface area contributed by atoms with Crippen molar-refractivity contribution in [2.75, 3.05) is 16.4 Å². The van der Waals surface area contributed by atoms with Gasteiger partial charge in [-0.1, -0.05) is 48.0 Å². The number of carbonyl (C=O) groups is 3. The van der Waals surface area contributed by atoms with Crippen LogP contribution in [-0.2, 0) is 9.59 Å². The highest BCUT2D eigenvalue weighted by Crippen LogP contribution is 2.21. The highest BCUT2D eigenvalue weighted by molar-refractivity contribution is 8.00. The molecule has 3 aromatic carbocycles. The lowest BCUT2D eigenvalue weighted by molar-refractivity contribution is -0.114. The molecule has 0 fully saturated rings. The van der Waals surface area contributed by atoms with Gasteiger partial charge in [0.15, 0.2) is 0 Å². The number of amides is 3. The zero-order chi connectivity index (χ0) is 26.7. The summed E-state index contributed by atoms with van der Waals surface area (Å²) in [6.07, 6.45) is 4.88. The minimum atomic E-state index is -0.451. The van der Waals surface area contributed by atoms with E-state index in [4.69, 9.17) is 0 Å². The maximum absolute atomic E-state index is 13.2. The Morgan fingerprint density at radius 1 is 0.816 bits per heavy atom. The van der Waals surface area contributed by atoms with E-state index in [1.807, 2.05) is 49.4 Å². The summed E-state index contributed by atoms with van der Waals surface area (Å²) in [6.45, 7) is 1.96. The average Bonchev–Trinajstić information content (AvgIpc) is 2.93. The van der Waals surface area contributed by atoms with E-state index >= 15 is 0 Å². The number of pyridine rings is 1. The van der Waals surface area contributed by atoms with Gasteiger partial charge in [0.05, 0.1) is 5.75 Å². The lowest BCUT2D eigenvalue weighted by Gasteiger charge is -2.12. The van der Waals surface area contributed by atoms with Gasteiger partial charge in [-0.2, -0.15) is 0 Å². The Labute approximate surface area is 225 Å². The topological polar surface area (TPSA) is 100 Å². The van der Waals surface area contributed by atoms with Crippen LogP contribution in [0.15, 0.2) is 114 Å². The monoisotopic (exact) mass is 522 g/mol. The summed E-state index contributed by atoms with van der Waals surface area (Å²) in [6, 6.07) is 27.0. The van der Waals surface area contributed by atoms with E-state index < -0.39 is 5.91 Å². The highest BCUT2D eigenvalue weighted by atomic mass is 32.2. The fourth-order valence-corrected chi connectivity index (χ4v) is 4.18. The van der Waals surface area contributed by atoms with E-state index in [1.54, 1.807) is 67.0 Å². The van der Waals surface area contributed by atoms with Crippen molar-refractivity contribution in [3.05, 3.63) is 126 Å². The van der Waals surface area contributed by atoms with E-state index in [0.717, 1.165) is 16.0 Å². The van der Waals surface area contributed by atoms with Crippen molar-refractivity contribution in [2.45, 2.75) is 11.8 Å². The number of rotatable bonds is 9. The van der Waals surface area contributed by atoms with Crippen LogP contribution in [0.5, 0.6) is 0 Å². The van der Waals surface area contributed by atoms with Gasteiger partial charge in [0.2, 0.25) is 5.91 Å². The summed E-state index contributed by atoms with van der Waals surface area (Å²) in [5, 5.41) is 8.40. The molecule has 190 valence electrons. The van der Waals surface area contributed by atoms with Crippen LogP contribution in [0.2, 0.25) is 0 Å². The fourth-order valence-electron chi connectivity index (χ4n) is 3.48. The smallest absolute Gasteiger partial charge is 0.272 e. The average molecular weight is 523 g/mol. The molecule has 0 saturated carbocycles. The van der Waals surface area contributed by atoms with Gasteiger partial charge in [0.1, 0.15) is 5.70 Å². The molecule has 0 unspecified atom stereocenters. The molecule has 0 aliphatic heterocycles. The van der Waals surface area contributed by atoms with E-state index in [2.05, 4.69) is 20.9 Å². The predicted octanol–water partition coefficient (Wildman–Crippen LogP) is 5.53. The molecule has 38 heavy (non-hydrogen) atoms. The molecule has 7 nitrogen and oxygen atoms in total. The van der Waals surface area contributed by atoms with Crippen molar-refractivity contribution < 1.29 is 14.4 Å². The summed E-state index contributed by atoms with van der Waals surface area (Å²) < 4.78 is 0. The molecule has 1 heterocycles. The third kappa shape index (κ3) is 7.91. The highest BCUT2D eigenvalue weighted by Gasteiger charge is 2.15. The number of nitrogens with zero attached hydrogens (tertiary/aromatic N) is 1. The molecule has 0 aliphatic carbocycles. The number of anilines is 2.